The van der Waals surface area contributed by atoms with Crippen LogP contribution in [-0.2, 0) is 16.4 Å². The Morgan fingerprint density at radius 3 is 2.28 bits per heavy atom. The second-order valence-electron chi connectivity index (χ2n) is 7.84. The van der Waals surface area contributed by atoms with Crippen molar-refractivity contribution < 1.29 is 17.9 Å². The summed E-state index contributed by atoms with van der Waals surface area (Å²) in [6, 6.07) is 17.6. The monoisotopic (exact) mass is 472 g/mol. The molecule has 2 aromatic carbocycles. The Morgan fingerprint density at radius 1 is 1.00 bits per heavy atom. The Bertz CT molecular complexity index is 1110. The first kappa shape index (κ1) is 23.8. The van der Waals surface area contributed by atoms with E-state index >= 15 is 0 Å². The average molecular weight is 473 g/mol. The average Bonchev–Trinajstić information content (AvgIpc) is 3.29. The molecule has 8 heteroatoms. The molecule has 0 aliphatic heterocycles. The number of nitrogens with one attached hydrogen (secondary N) is 2. The smallest absolute Gasteiger partial charge is 0.271 e. The number of hydrogen-bond donors (Lipinski definition) is 2. The molecular weight excluding hydrogens is 444 g/mol. The lowest BCUT2D eigenvalue weighted by atomic mass is 10.1. The maximum Gasteiger partial charge on any atom is 0.271 e. The van der Waals surface area contributed by atoms with Crippen LogP contribution in [0.25, 0.3) is 0 Å². The van der Waals surface area contributed by atoms with Gasteiger partial charge in [-0.15, -0.1) is 11.3 Å². The van der Waals surface area contributed by atoms with Crippen molar-refractivity contribution >= 4 is 33.0 Å². The fourth-order valence-electron chi connectivity index (χ4n) is 3.08. The molecule has 1 aromatic heterocycles. The number of benzene rings is 2. The summed E-state index contributed by atoms with van der Waals surface area (Å²) in [4.78, 5) is 12.5. The number of thiophene rings is 1. The molecule has 1 heterocycles. The van der Waals surface area contributed by atoms with Crippen LogP contribution in [0.5, 0.6) is 5.75 Å². The summed E-state index contributed by atoms with van der Waals surface area (Å²) in [6.45, 7) is 5.96. The predicted octanol–water partition coefficient (Wildman–Crippen LogP) is 5.09. The Morgan fingerprint density at radius 2 is 1.69 bits per heavy atom. The highest BCUT2D eigenvalue weighted by atomic mass is 32.2. The van der Waals surface area contributed by atoms with Gasteiger partial charge in [-0.25, -0.2) is 8.42 Å². The minimum atomic E-state index is -3.60. The summed E-state index contributed by atoms with van der Waals surface area (Å²) in [5.74, 6) is 0.664. The third-order valence-electron chi connectivity index (χ3n) is 4.70. The first-order valence-electron chi connectivity index (χ1n) is 10.5. The second kappa shape index (κ2) is 10.7. The van der Waals surface area contributed by atoms with E-state index in [0.29, 0.717) is 11.3 Å². The van der Waals surface area contributed by atoms with E-state index in [0.717, 1.165) is 29.9 Å². The van der Waals surface area contributed by atoms with Crippen LogP contribution >= 0.6 is 11.3 Å². The fourth-order valence-corrected chi connectivity index (χ4v) is 5.13. The Hall–Kier alpha value is -2.84. The molecule has 32 heavy (non-hydrogen) atoms. The van der Waals surface area contributed by atoms with Crippen LogP contribution in [-0.4, -0.2) is 26.5 Å². The molecule has 1 unspecified atom stereocenters. The van der Waals surface area contributed by atoms with Gasteiger partial charge in [0.1, 0.15) is 9.96 Å². The van der Waals surface area contributed by atoms with Gasteiger partial charge in [-0.2, -0.15) is 0 Å². The van der Waals surface area contributed by atoms with E-state index < -0.39 is 10.0 Å². The SMILES string of the molecule is CC(CCc1ccc(OC(C)C)cc1)NC(=O)c1ccc(NS(=O)(=O)c2cccs2)cc1. The highest BCUT2D eigenvalue weighted by molar-refractivity contribution is 7.94. The molecule has 0 fully saturated rings. The quantitative estimate of drug-likeness (QED) is 0.431. The first-order chi connectivity index (χ1) is 15.2. The van der Waals surface area contributed by atoms with Crippen molar-refractivity contribution in [2.24, 2.45) is 0 Å². The van der Waals surface area contributed by atoms with Crippen molar-refractivity contribution in [2.45, 2.75) is 50.0 Å². The molecule has 170 valence electrons. The first-order valence-corrected chi connectivity index (χ1v) is 12.8. The number of rotatable bonds is 10. The molecule has 0 saturated heterocycles. The molecular formula is C24H28N2O4S2. The molecule has 0 radical (unpaired) electrons. The van der Waals surface area contributed by atoms with E-state index in [4.69, 9.17) is 4.74 Å². The van der Waals surface area contributed by atoms with Crippen molar-refractivity contribution in [2.75, 3.05) is 4.72 Å². The van der Waals surface area contributed by atoms with Crippen molar-refractivity contribution in [1.29, 1.82) is 0 Å². The number of hydrogen-bond acceptors (Lipinski definition) is 5. The summed E-state index contributed by atoms with van der Waals surface area (Å²) in [5, 5.41) is 4.70. The topological polar surface area (TPSA) is 84.5 Å². The zero-order chi connectivity index (χ0) is 23.1. The van der Waals surface area contributed by atoms with Crippen molar-refractivity contribution in [3.63, 3.8) is 0 Å². The Balaban J connectivity index is 1.49. The molecule has 1 amide bonds. The van der Waals surface area contributed by atoms with Gasteiger partial charge in [0.05, 0.1) is 6.10 Å². The number of ether oxygens (including phenoxy) is 1. The molecule has 0 aliphatic carbocycles. The van der Waals surface area contributed by atoms with Gasteiger partial charge in [-0.05, 0) is 87.0 Å². The lowest BCUT2D eigenvalue weighted by Crippen LogP contribution is -2.32. The molecule has 0 aliphatic rings. The predicted molar refractivity (Wildman–Crippen MR) is 129 cm³/mol. The minimum absolute atomic E-state index is 0.00824. The molecule has 3 rings (SSSR count). The lowest BCUT2D eigenvalue weighted by molar-refractivity contribution is 0.0938. The number of carbonyl (C=O) groups excluding carboxylic acids is 1. The van der Waals surface area contributed by atoms with E-state index in [1.54, 1.807) is 41.8 Å². The number of amides is 1. The van der Waals surface area contributed by atoms with Crippen LogP contribution in [0.4, 0.5) is 5.69 Å². The van der Waals surface area contributed by atoms with E-state index in [2.05, 4.69) is 10.0 Å². The van der Waals surface area contributed by atoms with E-state index in [9.17, 15) is 13.2 Å². The molecule has 0 bridgehead atoms. The highest BCUT2D eigenvalue weighted by Gasteiger charge is 2.16. The van der Waals surface area contributed by atoms with Crippen LogP contribution in [0.2, 0.25) is 0 Å². The van der Waals surface area contributed by atoms with Crippen LogP contribution in [0, 0.1) is 0 Å². The molecule has 6 nitrogen and oxygen atoms in total. The number of carbonyl (C=O) groups is 1. The third-order valence-corrected chi connectivity index (χ3v) is 7.48. The minimum Gasteiger partial charge on any atom is -0.491 e. The van der Waals surface area contributed by atoms with E-state index in [1.807, 2.05) is 45.0 Å². The van der Waals surface area contributed by atoms with Gasteiger partial charge in [0.2, 0.25) is 0 Å². The maximum absolute atomic E-state index is 12.5. The maximum atomic E-state index is 12.5. The van der Waals surface area contributed by atoms with Crippen LogP contribution in [0.15, 0.2) is 70.3 Å². The van der Waals surface area contributed by atoms with Crippen LogP contribution in [0.3, 0.4) is 0 Å². The fraction of sp³-hybridized carbons (Fsp3) is 0.292. The summed E-state index contributed by atoms with van der Waals surface area (Å²) in [7, 11) is -3.60. The second-order valence-corrected chi connectivity index (χ2v) is 10.7. The van der Waals surface area contributed by atoms with Crippen molar-refractivity contribution in [3.05, 3.63) is 77.2 Å². The van der Waals surface area contributed by atoms with E-state index in [-0.39, 0.29) is 22.3 Å². The largest absolute Gasteiger partial charge is 0.491 e. The summed E-state index contributed by atoms with van der Waals surface area (Å²) >= 11 is 1.15. The zero-order valence-corrected chi connectivity index (χ0v) is 20.0. The van der Waals surface area contributed by atoms with Gasteiger partial charge in [0, 0.05) is 17.3 Å². The number of aryl methyl sites for hydroxylation is 1. The van der Waals surface area contributed by atoms with Crippen molar-refractivity contribution in [1.82, 2.24) is 5.32 Å². The van der Waals surface area contributed by atoms with Gasteiger partial charge in [0.25, 0.3) is 15.9 Å². The van der Waals surface area contributed by atoms with Gasteiger partial charge in [-0.3, -0.25) is 9.52 Å². The standard InChI is InChI=1S/C24H28N2O4S2/c1-17(2)30-22-14-8-19(9-15-22)7-6-18(3)25-24(27)20-10-12-21(13-11-20)26-32(28,29)23-5-4-16-31-23/h4-5,8-18,26H,6-7H2,1-3H3,(H,25,27). The zero-order valence-electron chi connectivity index (χ0n) is 18.4. The third kappa shape index (κ3) is 6.83. The number of sulfonamides is 1. The van der Waals surface area contributed by atoms with Gasteiger partial charge in [0.15, 0.2) is 0 Å². The summed E-state index contributed by atoms with van der Waals surface area (Å²) in [5.41, 5.74) is 2.07. The molecule has 0 spiro atoms. The van der Waals surface area contributed by atoms with Crippen molar-refractivity contribution in [3.8, 4) is 5.75 Å². The summed E-state index contributed by atoms with van der Waals surface area (Å²) in [6.07, 6.45) is 1.79. The Kier molecular flexibility index (Phi) is 7.93. The molecule has 0 saturated carbocycles. The van der Waals surface area contributed by atoms with Gasteiger partial charge < -0.3 is 10.1 Å². The number of anilines is 1. The van der Waals surface area contributed by atoms with Crippen LogP contribution in [0.1, 0.15) is 43.1 Å². The molecule has 2 N–H and O–H groups in total. The Labute approximate surface area is 193 Å². The molecule has 3 aromatic rings. The summed E-state index contributed by atoms with van der Waals surface area (Å²) < 4.78 is 33.0. The van der Waals surface area contributed by atoms with Crippen LogP contribution < -0.4 is 14.8 Å². The van der Waals surface area contributed by atoms with E-state index in [1.165, 1.54) is 5.56 Å². The van der Waals surface area contributed by atoms with Gasteiger partial charge in [-0.1, -0.05) is 18.2 Å². The highest BCUT2D eigenvalue weighted by Crippen LogP contribution is 2.20. The van der Waals surface area contributed by atoms with Gasteiger partial charge >= 0.3 is 0 Å². The lowest BCUT2D eigenvalue weighted by Gasteiger charge is -2.15. The normalized spacial score (nSPS) is 12.4. The molecule has 1 atom stereocenters.